The normalized spacial score (nSPS) is 11.8. The van der Waals surface area contributed by atoms with Gasteiger partial charge in [-0.2, -0.15) is 4.72 Å². The van der Waals surface area contributed by atoms with Crippen LogP contribution in [0.5, 0.6) is 0 Å². The fourth-order valence-electron chi connectivity index (χ4n) is 3.81. The second-order valence-corrected chi connectivity index (χ2v) is 11.0. The zero-order valence-corrected chi connectivity index (χ0v) is 22.9. The van der Waals surface area contributed by atoms with Crippen molar-refractivity contribution in [3.8, 4) is 10.4 Å². The third kappa shape index (κ3) is 7.52. The molecule has 0 aliphatic rings. The fourth-order valence-corrected chi connectivity index (χ4v) is 6.39. The molecule has 3 rings (SSSR count). The van der Waals surface area contributed by atoms with E-state index in [1.54, 1.807) is 56.3 Å². The first-order valence-electron chi connectivity index (χ1n) is 10.8. The molecular formula is C24H29ClN6O4S2. The van der Waals surface area contributed by atoms with Crippen LogP contribution in [0.2, 0.25) is 0 Å². The van der Waals surface area contributed by atoms with E-state index in [0.29, 0.717) is 21.7 Å². The minimum absolute atomic E-state index is 0. The van der Waals surface area contributed by atoms with Crippen molar-refractivity contribution in [2.75, 3.05) is 6.54 Å². The van der Waals surface area contributed by atoms with Crippen molar-refractivity contribution >= 4 is 57.2 Å². The molecule has 1 aromatic heterocycles. The van der Waals surface area contributed by atoms with Crippen LogP contribution < -0.4 is 27.2 Å². The molecule has 37 heavy (non-hydrogen) atoms. The molecule has 1 heterocycles. The van der Waals surface area contributed by atoms with Gasteiger partial charge in [-0.15, -0.1) is 23.7 Å². The molecule has 0 radical (unpaired) electrons. The number of aryl methyl sites for hydroxylation is 3. The van der Waals surface area contributed by atoms with E-state index in [0.717, 1.165) is 16.0 Å². The van der Waals surface area contributed by atoms with Gasteiger partial charge < -0.3 is 22.5 Å². The molecule has 0 saturated heterocycles. The summed E-state index contributed by atoms with van der Waals surface area (Å²) >= 11 is 1.22. The first kappa shape index (κ1) is 29.8. The highest BCUT2D eigenvalue weighted by Crippen LogP contribution is 2.30. The maximum atomic E-state index is 13.0. The molecule has 8 N–H and O–H groups in total. The quantitative estimate of drug-likeness (QED) is 0.196. The van der Waals surface area contributed by atoms with E-state index in [2.05, 4.69) is 15.0 Å². The van der Waals surface area contributed by atoms with Gasteiger partial charge in [-0.25, -0.2) is 13.4 Å². The number of rotatable bonds is 9. The van der Waals surface area contributed by atoms with Crippen LogP contribution in [0.1, 0.15) is 26.4 Å². The van der Waals surface area contributed by atoms with Crippen molar-refractivity contribution in [1.29, 1.82) is 0 Å². The number of hydrogen-bond acceptors (Lipinski definition) is 6. The molecule has 3 aromatic rings. The van der Waals surface area contributed by atoms with Crippen LogP contribution >= 0.6 is 23.7 Å². The molecular weight excluding hydrogens is 536 g/mol. The number of halogens is 1. The molecule has 0 bridgehead atoms. The van der Waals surface area contributed by atoms with Gasteiger partial charge in [0.15, 0.2) is 5.96 Å². The Morgan fingerprint density at radius 2 is 1.65 bits per heavy atom. The Balaban J connectivity index is 0.00000481. The van der Waals surface area contributed by atoms with Gasteiger partial charge in [-0.3, -0.25) is 9.59 Å². The highest BCUT2D eigenvalue weighted by atomic mass is 35.5. The highest BCUT2D eigenvalue weighted by molar-refractivity contribution is 7.89. The summed E-state index contributed by atoms with van der Waals surface area (Å²) in [6.45, 7) is 4.90. The van der Waals surface area contributed by atoms with Gasteiger partial charge >= 0.3 is 0 Å². The van der Waals surface area contributed by atoms with Gasteiger partial charge in [0, 0.05) is 11.4 Å². The number of sulfonamides is 1. The number of benzene rings is 2. The number of guanidine groups is 1. The van der Waals surface area contributed by atoms with Crippen molar-refractivity contribution in [3.63, 3.8) is 0 Å². The lowest BCUT2D eigenvalue weighted by Crippen LogP contribution is -2.51. The molecule has 1 unspecified atom stereocenters. The molecule has 0 saturated carbocycles. The summed E-state index contributed by atoms with van der Waals surface area (Å²) in [7, 11) is -4.07. The molecule has 198 valence electrons. The van der Waals surface area contributed by atoms with E-state index in [9.17, 15) is 18.0 Å². The lowest BCUT2D eigenvalue weighted by molar-refractivity contribution is -0.119. The van der Waals surface area contributed by atoms with E-state index in [1.165, 1.54) is 11.3 Å². The first-order chi connectivity index (χ1) is 16.9. The molecule has 0 aliphatic heterocycles. The van der Waals surface area contributed by atoms with Crippen LogP contribution in [-0.2, 0) is 14.8 Å². The molecule has 10 nitrogen and oxygen atoms in total. The number of primary amides is 1. The predicted molar refractivity (Wildman–Crippen MR) is 149 cm³/mol. The first-order valence-corrected chi connectivity index (χ1v) is 13.1. The van der Waals surface area contributed by atoms with Crippen LogP contribution in [0.25, 0.3) is 10.4 Å². The van der Waals surface area contributed by atoms with Crippen LogP contribution in [0.4, 0.5) is 5.69 Å². The van der Waals surface area contributed by atoms with Gasteiger partial charge in [-0.1, -0.05) is 29.8 Å². The average molecular weight is 565 g/mol. The summed E-state index contributed by atoms with van der Waals surface area (Å²) < 4.78 is 28.4. The Bertz CT molecular complexity index is 1430. The van der Waals surface area contributed by atoms with Crippen molar-refractivity contribution in [2.45, 2.75) is 31.7 Å². The molecule has 2 amide bonds. The van der Waals surface area contributed by atoms with Gasteiger partial charge in [-0.05, 0) is 61.7 Å². The summed E-state index contributed by atoms with van der Waals surface area (Å²) in [5, 5.41) is 2.58. The summed E-state index contributed by atoms with van der Waals surface area (Å²) in [5.41, 5.74) is 19.7. The highest BCUT2D eigenvalue weighted by Gasteiger charge is 2.27. The number of carbonyl (C=O) groups excluding carboxylic acids is 2. The van der Waals surface area contributed by atoms with Crippen LogP contribution in [0.3, 0.4) is 0 Å². The Labute approximate surface area is 225 Å². The Kier molecular flexibility index (Phi) is 9.81. The van der Waals surface area contributed by atoms with Gasteiger partial charge in [0.25, 0.3) is 5.91 Å². The second-order valence-electron chi connectivity index (χ2n) is 8.27. The van der Waals surface area contributed by atoms with Gasteiger partial charge in [0.1, 0.15) is 6.04 Å². The van der Waals surface area contributed by atoms with Gasteiger partial charge in [0.2, 0.25) is 15.9 Å². The Morgan fingerprint density at radius 3 is 2.24 bits per heavy atom. The SMILES string of the molecule is Cc1cc(C)c(S(=O)(=O)NC(CNC(=O)c2ccc(-c3cccc(N=C(N)N)c3)s2)C(N)=O)c(C)c1.Cl. The second kappa shape index (κ2) is 12.2. The lowest BCUT2D eigenvalue weighted by atomic mass is 10.1. The van der Waals surface area contributed by atoms with Crippen molar-refractivity contribution in [2.24, 2.45) is 22.2 Å². The molecule has 0 aliphatic carbocycles. The number of nitrogens with zero attached hydrogens (tertiary/aromatic N) is 1. The number of carbonyl (C=O) groups is 2. The van der Waals surface area contributed by atoms with Gasteiger partial charge in [0.05, 0.1) is 15.5 Å². The van der Waals surface area contributed by atoms with Crippen molar-refractivity contribution < 1.29 is 18.0 Å². The Morgan fingerprint density at radius 1 is 1.00 bits per heavy atom. The van der Waals surface area contributed by atoms with Crippen LogP contribution in [0, 0.1) is 20.8 Å². The number of aliphatic imine (C=N–C) groups is 1. The van der Waals surface area contributed by atoms with E-state index < -0.39 is 27.9 Å². The summed E-state index contributed by atoms with van der Waals surface area (Å²) in [6.07, 6.45) is 0. The average Bonchev–Trinajstić information content (AvgIpc) is 3.25. The fraction of sp³-hybridized carbons (Fsp3) is 0.208. The van der Waals surface area contributed by atoms with E-state index in [4.69, 9.17) is 17.2 Å². The zero-order chi connectivity index (χ0) is 26.6. The van der Waals surface area contributed by atoms with Crippen LogP contribution in [0.15, 0.2) is 58.4 Å². The van der Waals surface area contributed by atoms with Crippen molar-refractivity contribution in [1.82, 2.24) is 10.0 Å². The largest absolute Gasteiger partial charge is 0.370 e. The zero-order valence-electron chi connectivity index (χ0n) is 20.4. The number of nitrogens with one attached hydrogen (secondary N) is 2. The summed E-state index contributed by atoms with van der Waals surface area (Å²) in [6, 6.07) is 12.7. The van der Waals surface area contributed by atoms with E-state index in [1.807, 2.05) is 13.0 Å². The summed E-state index contributed by atoms with van der Waals surface area (Å²) in [4.78, 5) is 30.0. The molecule has 2 aromatic carbocycles. The van der Waals surface area contributed by atoms with E-state index >= 15 is 0 Å². The van der Waals surface area contributed by atoms with Crippen molar-refractivity contribution in [3.05, 3.63) is 70.1 Å². The maximum absolute atomic E-state index is 13.0. The third-order valence-corrected chi connectivity index (χ3v) is 8.11. The minimum atomic E-state index is -4.07. The topological polar surface area (TPSA) is 183 Å². The molecule has 1 atom stereocenters. The number of nitrogens with two attached hydrogens (primary N) is 3. The monoisotopic (exact) mass is 564 g/mol. The summed E-state index contributed by atoms with van der Waals surface area (Å²) in [5.74, 6) is -1.45. The number of thiophene rings is 1. The Hall–Kier alpha value is -3.45. The lowest BCUT2D eigenvalue weighted by Gasteiger charge is -2.18. The maximum Gasteiger partial charge on any atom is 0.261 e. The minimum Gasteiger partial charge on any atom is -0.370 e. The third-order valence-electron chi connectivity index (χ3n) is 5.20. The standard InChI is InChI=1S/C24H28N6O4S2.ClH/c1-13-9-14(2)21(15(3)10-13)36(33,34)30-18(22(25)31)12-28-23(32)20-8-7-19(35-20)16-5-4-6-17(11-16)29-24(26)27;/h4-11,18,30H,12H2,1-3H3,(H2,25,31)(H,28,32)(H4,26,27,29);1H. The molecule has 13 heteroatoms. The number of amides is 2. The number of hydrogen-bond donors (Lipinski definition) is 5. The molecule has 0 fully saturated rings. The smallest absolute Gasteiger partial charge is 0.261 e. The van der Waals surface area contributed by atoms with Crippen LogP contribution in [-0.4, -0.2) is 38.8 Å². The predicted octanol–water partition coefficient (Wildman–Crippen LogP) is 2.23. The molecule has 0 spiro atoms. The van der Waals surface area contributed by atoms with E-state index in [-0.39, 0.29) is 29.8 Å².